The van der Waals surface area contributed by atoms with Crippen molar-refractivity contribution in [3.63, 3.8) is 0 Å². The molecule has 0 atom stereocenters. The van der Waals surface area contributed by atoms with Crippen molar-refractivity contribution in [1.82, 2.24) is 10.1 Å². The lowest BCUT2D eigenvalue weighted by Gasteiger charge is -2.12. The molecule has 0 unspecified atom stereocenters. The highest BCUT2D eigenvalue weighted by Gasteiger charge is 2.15. The summed E-state index contributed by atoms with van der Waals surface area (Å²) in [4.78, 5) is 15.7. The predicted molar refractivity (Wildman–Crippen MR) is 115 cm³/mol. The summed E-state index contributed by atoms with van der Waals surface area (Å²) < 4.78 is 10.9. The molecular formula is C24H21N3O3. The van der Waals surface area contributed by atoms with Crippen molar-refractivity contribution in [1.29, 1.82) is 0 Å². The summed E-state index contributed by atoms with van der Waals surface area (Å²) in [6, 6.07) is 21.0. The van der Waals surface area contributed by atoms with E-state index in [1.807, 2.05) is 24.3 Å². The number of carbonyl (C=O) groups is 1. The Morgan fingerprint density at radius 2 is 1.73 bits per heavy atom. The lowest BCUT2D eigenvalue weighted by atomic mass is 9.94. The van der Waals surface area contributed by atoms with Gasteiger partial charge in [0.25, 0.3) is 5.89 Å². The van der Waals surface area contributed by atoms with Crippen molar-refractivity contribution in [2.45, 2.75) is 13.5 Å². The Morgan fingerprint density at radius 3 is 2.43 bits per heavy atom. The summed E-state index contributed by atoms with van der Waals surface area (Å²) in [6.45, 7) is 2.56. The van der Waals surface area contributed by atoms with Crippen molar-refractivity contribution >= 4 is 5.91 Å². The summed E-state index contributed by atoms with van der Waals surface area (Å²) in [6.07, 6.45) is 0. The summed E-state index contributed by atoms with van der Waals surface area (Å²) in [5.41, 5.74) is 11.8. The second-order valence-corrected chi connectivity index (χ2v) is 6.98. The van der Waals surface area contributed by atoms with Crippen LogP contribution >= 0.6 is 0 Å². The molecule has 0 radical (unpaired) electrons. The Balaban J connectivity index is 1.69. The highest BCUT2D eigenvalue weighted by atomic mass is 16.5. The third kappa shape index (κ3) is 3.86. The van der Waals surface area contributed by atoms with Gasteiger partial charge in [0, 0.05) is 23.8 Å². The average Bonchev–Trinajstić information content (AvgIpc) is 3.25. The molecule has 1 amide bonds. The maximum absolute atomic E-state index is 11.2. The summed E-state index contributed by atoms with van der Waals surface area (Å²) >= 11 is 0. The van der Waals surface area contributed by atoms with Gasteiger partial charge in [0.15, 0.2) is 0 Å². The minimum atomic E-state index is -0.477. The average molecular weight is 399 g/mol. The maximum Gasteiger partial charge on any atom is 0.258 e. The van der Waals surface area contributed by atoms with Crippen molar-refractivity contribution < 1.29 is 14.1 Å². The van der Waals surface area contributed by atoms with Crippen LogP contribution in [0.2, 0.25) is 0 Å². The van der Waals surface area contributed by atoms with Crippen LogP contribution < -0.4 is 5.73 Å². The van der Waals surface area contributed by atoms with Gasteiger partial charge in [-0.25, -0.2) is 0 Å². The molecule has 0 aliphatic carbocycles. The van der Waals surface area contributed by atoms with E-state index >= 15 is 0 Å². The number of aromatic nitrogens is 2. The zero-order valence-electron chi connectivity index (χ0n) is 16.8. The van der Waals surface area contributed by atoms with E-state index in [4.69, 9.17) is 15.0 Å². The molecular weight excluding hydrogens is 378 g/mol. The number of primary amides is 1. The van der Waals surface area contributed by atoms with E-state index in [0.29, 0.717) is 23.9 Å². The fourth-order valence-electron chi connectivity index (χ4n) is 3.38. The van der Waals surface area contributed by atoms with Crippen molar-refractivity contribution in [2.75, 3.05) is 7.11 Å². The van der Waals surface area contributed by atoms with Gasteiger partial charge in [-0.3, -0.25) is 4.79 Å². The molecule has 6 heteroatoms. The molecule has 4 aromatic rings. The molecule has 3 aromatic carbocycles. The molecule has 0 aliphatic heterocycles. The molecule has 0 aliphatic rings. The van der Waals surface area contributed by atoms with Gasteiger partial charge < -0.3 is 15.0 Å². The van der Waals surface area contributed by atoms with Gasteiger partial charge in [-0.15, -0.1) is 0 Å². The van der Waals surface area contributed by atoms with Crippen LogP contribution in [0.4, 0.5) is 0 Å². The number of rotatable bonds is 6. The van der Waals surface area contributed by atoms with E-state index in [1.165, 1.54) is 5.56 Å². The van der Waals surface area contributed by atoms with Crippen molar-refractivity contribution in [3.8, 4) is 34.0 Å². The first kappa shape index (κ1) is 19.5. The zero-order valence-corrected chi connectivity index (χ0v) is 16.8. The fraction of sp³-hybridized carbons (Fsp3) is 0.125. The fourth-order valence-corrected chi connectivity index (χ4v) is 3.38. The standard InChI is InChI=1S/C24H21N3O3/c1-15-5-3-4-6-20(15)21-12-11-18(13-19(21)14-29-2)24-26-23(27-30-24)17-9-7-16(8-10-17)22(25)28/h3-13H,14H2,1-2H3,(H2,25,28). The molecule has 0 fully saturated rings. The number of aryl methyl sites for hydroxylation is 1. The van der Waals surface area contributed by atoms with E-state index in [9.17, 15) is 4.79 Å². The molecule has 0 bridgehead atoms. The number of nitrogens with zero attached hydrogens (tertiary/aromatic N) is 2. The third-order valence-corrected chi connectivity index (χ3v) is 4.94. The summed E-state index contributed by atoms with van der Waals surface area (Å²) in [5.74, 6) is 0.379. The van der Waals surface area contributed by atoms with E-state index in [1.54, 1.807) is 31.4 Å². The van der Waals surface area contributed by atoms with Crippen LogP contribution in [0, 0.1) is 6.92 Å². The number of methoxy groups -OCH3 is 1. The van der Waals surface area contributed by atoms with Gasteiger partial charge in [0.1, 0.15) is 0 Å². The minimum absolute atomic E-state index is 0.415. The number of amides is 1. The van der Waals surface area contributed by atoms with Gasteiger partial charge >= 0.3 is 0 Å². The quantitative estimate of drug-likeness (QED) is 0.511. The Labute approximate surface area is 174 Å². The van der Waals surface area contributed by atoms with Crippen LogP contribution in [0.5, 0.6) is 0 Å². The van der Waals surface area contributed by atoms with E-state index in [2.05, 4.69) is 35.3 Å². The topological polar surface area (TPSA) is 91.2 Å². The molecule has 1 aromatic heterocycles. The van der Waals surface area contributed by atoms with Crippen LogP contribution in [0.25, 0.3) is 34.0 Å². The molecule has 0 spiro atoms. The van der Waals surface area contributed by atoms with E-state index in [0.717, 1.165) is 27.8 Å². The van der Waals surface area contributed by atoms with Crippen LogP contribution in [0.1, 0.15) is 21.5 Å². The highest BCUT2D eigenvalue weighted by Crippen LogP contribution is 2.31. The number of ether oxygens (including phenoxy) is 1. The van der Waals surface area contributed by atoms with Gasteiger partial charge in [-0.1, -0.05) is 47.6 Å². The predicted octanol–water partition coefficient (Wildman–Crippen LogP) is 4.62. The monoisotopic (exact) mass is 399 g/mol. The van der Waals surface area contributed by atoms with Gasteiger partial charge in [-0.2, -0.15) is 4.98 Å². The SMILES string of the molecule is COCc1cc(-c2nc(-c3ccc(C(N)=O)cc3)no2)ccc1-c1ccccc1C. The second kappa shape index (κ2) is 8.31. The Hall–Kier alpha value is -3.77. The number of benzene rings is 3. The Kier molecular flexibility index (Phi) is 5.41. The van der Waals surface area contributed by atoms with Gasteiger partial charge in [0.2, 0.25) is 11.7 Å². The number of nitrogens with two attached hydrogens (primary N) is 1. The minimum Gasteiger partial charge on any atom is -0.380 e. The summed E-state index contributed by atoms with van der Waals surface area (Å²) in [5, 5.41) is 4.07. The van der Waals surface area contributed by atoms with Gasteiger partial charge in [0.05, 0.1) is 6.61 Å². The third-order valence-electron chi connectivity index (χ3n) is 4.94. The molecule has 1 heterocycles. The first-order chi connectivity index (χ1) is 14.6. The lowest BCUT2D eigenvalue weighted by molar-refractivity contribution is 0.100. The second-order valence-electron chi connectivity index (χ2n) is 6.98. The Bertz CT molecular complexity index is 1200. The van der Waals surface area contributed by atoms with Crippen molar-refractivity contribution in [3.05, 3.63) is 83.4 Å². The smallest absolute Gasteiger partial charge is 0.258 e. The maximum atomic E-state index is 11.2. The molecule has 0 saturated carbocycles. The number of hydrogen-bond donors (Lipinski definition) is 1. The van der Waals surface area contributed by atoms with Crippen molar-refractivity contribution in [2.24, 2.45) is 5.73 Å². The first-order valence-corrected chi connectivity index (χ1v) is 9.49. The van der Waals surface area contributed by atoms with Crippen LogP contribution in [-0.4, -0.2) is 23.2 Å². The van der Waals surface area contributed by atoms with Gasteiger partial charge in [-0.05, 0) is 53.4 Å². The largest absolute Gasteiger partial charge is 0.380 e. The van der Waals surface area contributed by atoms with E-state index in [-0.39, 0.29) is 0 Å². The highest BCUT2D eigenvalue weighted by molar-refractivity contribution is 5.93. The van der Waals surface area contributed by atoms with Crippen LogP contribution in [-0.2, 0) is 11.3 Å². The van der Waals surface area contributed by atoms with Crippen LogP contribution in [0.3, 0.4) is 0 Å². The normalized spacial score (nSPS) is 10.9. The summed E-state index contributed by atoms with van der Waals surface area (Å²) in [7, 11) is 1.68. The van der Waals surface area contributed by atoms with E-state index < -0.39 is 5.91 Å². The molecule has 4 rings (SSSR count). The molecule has 6 nitrogen and oxygen atoms in total. The number of carbonyl (C=O) groups excluding carboxylic acids is 1. The lowest BCUT2D eigenvalue weighted by Crippen LogP contribution is -2.10. The van der Waals surface area contributed by atoms with Crippen LogP contribution in [0.15, 0.2) is 71.3 Å². The molecule has 30 heavy (non-hydrogen) atoms. The molecule has 150 valence electrons. The Morgan fingerprint density at radius 1 is 1.00 bits per heavy atom. The first-order valence-electron chi connectivity index (χ1n) is 9.49. The zero-order chi connectivity index (χ0) is 21.1. The molecule has 2 N–H and O–H groups in total. The molecule has 0 saturated heterocycles. The number of hydrogen-bond acceptors (Lipinski definition) is 5.